The lowest BCUT2D eigenvalue weighted by Crippen LogP contribution is -2.42. The first-order valence-electron chi connectivity index (χ1n) is 8.40. The van der Waals surface area contributed by atoms with Gasteiger partial charge in [-0.25, -0.2) is 0 Å². The van der Waals surface area contributed by atoms with Crippen LogP contribution in [-0.2, 0) is 6.42 Å². The Kier molecular flexibility index (Phi) is 8.95. The van der Waals surface area contributed by atoms with Gasteiger partial charge in [0.05, 0.1) is 14.2 Å². The quantitative estimate of drug-likeness (QED) is 0.417. The van der Waals surface area contributed by atoms with Crippen molar-refractivity contribution in [3.63, 3.8) is 0 Å². The second kappa shape index (κ2) is 10.8. The number of hydrogen-bond acceptors (Lipinski definition) is 3. The van der Waals surface area contributed by atoms with E-state index in [1.165, 1.54) is 5.56 Å². The summed E-state index contributed by atoms with van der Waals surface area (Å²) in [5, 5.41) is 6.68. The van der Waals surface area contributed by atoms with Crippen molar-refractivity contribution < 1.29 is 9.47 Å². The number of nitrogens with zero attached hydrogens (tertiary/aromatic N) is 1. The van der Waals surface area contributed by atoms with Crippen LogP contribution in [0.4, 0.5) is 0 Å². The Morgan fingerprint density at radius 2 is 1.91 bits per heavy atom. The predicted molar refractivity (Wildman–Crippen MR) is 96.7 cm³/mol. The summed E-state index contributed by atoms with van der Waals surface area (Å²) in [6.07, 6.45) is 3.04. The molecule has 5 nitrogen and oxygen atoms in total. The van der Waals surface area contributed by atoms with E-state index in [2.05, 4.69) is 42.5 Å². The molecule has 0 radical (unpaired) electrons. The smallest absolute Gasteiger partial charge is 0.191 e. The SMILES string of the molecule is CCNC(=NCCCc1ccc(OC)c(OC)c1)NC(C)CC. The molecule has 23 heavy (non-hydrogen) atoms. The van der Waals surface area contributed by atoms with Crippen molar-refractivity contribution >= 4 is 5.96 Å². The molecule has 0 bridgehead atoms. The Bertz CT molecular complexity index is 489. The Balaban J connectivity index is 2.52. The molecular weight excluding hydrogens is 290 g/mol. The Morgan fingerprint density at radius 1 is 1.17 bits per heavy atom. The highest BCUT2D eigenvalue weighted by Gasteiger charge is 2.05. The zero-order valence-electron chi connectivity index (χ0n) is 15.1. The molecule has 5 heteroatoms. The summed E-state index contributed by atoms with van der Waals surface area (Å²) < 4.78 is 10.6. The molecule has 0 heterocycles. The van der Waals surface area contributed by atoms with E-state index in [0.717, 1.165) is 49.8 Å². The minimum absolute atomic E-state index is 0.429. The first kappa shape index (κ1) is 19.1. The number of benzene rings is 1. The Labute approximate surface area is 140 Å². The van der Waals surface area contributed by atoms with Crippen LogP contribution in [0.5, 0.6) is 11.5 Å². The monoisotopic (exact) mass is 321 g/mol. The fourth-order valence-electron chi connectivity index (χ4n) is 2.17. The van der Waals surface area contributed by atoms with E-state index in [4.69, 9.17) is 9.47 Å². The molecule has 130 valence electrons. The van der Waals surface area contributed by atoms with Gasteiger partial charge >= 0.3 is 0 Å². The minimum Gasteiger partial charge on any atom is -0.493 e. The number of guanidine groups is 1. The number of rotatable bonds is 9. The maximum atomic E-state index is 5.34. The van der Waals surface area contributed by atoms with Gasteiger partial charge in [-0.15, -0.1) is 0 Å². The van der Waals surface area contributed by atoms with Gasteiger partial charge in [0.2, 0.25) is 0 Å². The lowest BCUT2D eigenvalue weighted by atomic mass is 10.1. The van der Waals surface area contributed by atoms with Crippen molar-refractivity contribution in [1.82, 2.24) is 10.6 Å². The van der Waals surface area contributed by atoms with Crippen LogP contribution in [-0.4, -0.2) is 39.3 Å². The second-order valence-corrected chi connectivity index (χ2v) is 5.51. The Hall–Kier alpha value is -1.91. The fourth-order valence-corrected chi connectivity index (χ4v) is 2.17. The molecule has 0 aromatic heterocycles. The van der Waals surface area contributed by atoms with Gasteiger partial charge in [0.25, 0.3) is 0 Å². The second-order valence-electron chi connectivity index (χ2n) is 5.51. The zero-order valence-corrected chi connectivity index (χ0v) is 15.1. The van der Waals surface area contributed by atoms with Crippen LogP contribution in [0.2, 0.25) is 0 Å². The van der Waals surface area contributed by atoms with Gasteiger partial charge in [-0.1, -0.05) is 13.0 Å². The molecule has 1 aromatic rings. The van der Waals surface area contributed by atoms with Crippen molar-refractivity contribution in [1.29, 1.82) is 0 Å². The third kappa shape index (κ3) is 6.80. The highest BCUT2D eigenvalue weighted by molar-refractivity contribution is 5.80. The van der Waals surface area contributed by atoms with Crippen LogP contribution in [0.25, 0.3) is 0 Å². The maximum absolute atomic E-state index is 5.34. The first-order valence-corrected chi connectivity index (χ1v) is 8.40. The average Bonchev–Trinajstić information content (AvgIpc) is 2.58. The summed E-state index contributed by atoms with van der Waals surface area (Å²) in [6.45, 7) is 8.07. The van der Waals surface area contributed by atoms with Crippen LogP contribution in [0, 0.1) is 0 Å². The van der Waals surface area contributed by atoms with Gasteiger partial charge < -0.3 is 20.1 Å². The number of ether oxygens (including phenoxy) is 2. The first-order chi connectivity index (χ1) is 11.1. The lowest BCUT2D eigenvalue weighted by Gasteiger charge is -2.16. The number of nitrogens with one attached hydrogen (secondary N) is 2. The van der Waals surface area contributed by atoms with Crippen molar-refractivity contribution in [2.24, 2.45) is 4.99 Å². The topological polar surface area (TPSA) is 54.9 Å². The third-order valence-electron chi connectivity index (χ3n) is 3.68. The molecule has 0 aliphatic heterocycles. The molecule has 0 fully saturated rings. The van der Waals surface area contributed by atoms with Crippen LogP contribution < -0.4 is 20.1 Å². The van der Waals surface area contributed by atoms with Crippen molar-refractivity contribution in [3.8, 4) is 11.5 Å². The molecule has 1 unspecified atom stereocenters. The molecule has 0 aliphatic carbocycles. The summed E-state index contributed by atoms with van der Waals surface area (Å²) in [5.41, 5.74) is 1.23. The molecular formula is C18H31N3O2. The van der Waals surface area contributed by atoms with E-state index < -0.39 is 0 Å². The van der Waals surface area contributed by atoms with Gasteiger partial charge in [-0.05, 0) is 50.8 Å². The highest BCUT2D eigenvalue weighted by atomic mass is 16.5. The fraction of sp³-hybridized carbons (Fsp3) is 0.611. The van der Waals surface area contributed by atoms with Gasteiger partial charge in [-0.3, -0.25) is 4.99 Å². The molecule has 1 atom stereocenters. The van der Waals surface area contributed by atoms with Gasteiger partial charge in [0.1, 0.15) is 0 Å². The summed E-state index contributed by atoms with van der Waals surface area (Å²) in [6, 6.07) is 6.49. The molecule has 0 saturated heterocycles. The maximum Gasteiger partial charge on any atom is 0.191 e. The van der Waals surface area contributed by atoms with E-state index >= 15 is 0 Å². The van der Waals surface area contributed by atoms with E-state index in [1.807, 2.05) is 12.1 Å². The minimum atomic E-state index is 0.429. The molecule has 1 aromatic carbocycles. The van der Waals surface area contributed by atoms with Crippen LogP contribution >= 0.6 is 0 Å². The molecule has 0 saturated carbocycles. The molecule has 1 rings (SSSR count). The normalized spacial score (nSPS) is 12.7. The number of aryl methyl sites for hydroxylation is 1. The molecule has 0 aliphatic rings. The van der Waals surface area contributed by atoms with Crippen molar-refractivity contribution in [2.45, 2.75) is 46.1 Å². The third-order valence-corrected chi connectivity index (χ3v) is 3.68. The Morgan fingerprint density at radius 3 is 2.52 bits per heavy atom. The predicted octanol–water partition coefficient (Wildman–Crippen LogP) is 2.99. The largest absolute Gasteiger partial charge is 0.493 e. The highest BCUT2D eigenvalue weighted by Crippen LogP contribution is 2.27. The summed E-state index contributed by atoms with van der Waals surface area (Å²) in [4.78, 5) is 4.63. The van der Waals surface area contributed by atoms with Gasteiger partial charge in [0, 0.05) is 19.1 Å². The van der Waals surface area contributed by atoms with Crippen molar-refractivity contribution in [3.05, 3.63) is 23.8 Å². The number of methoxy groups -OCH3 is 2. The van der Waals surface area contributed by atoms with E-state index in [-0.39, 0.29) is 0 Å². The van der Waals surface area contributed by atoms with E-state index in [9.17, 15) is 0 Å². The lowest BCUT2D eigenvalue weighted by molar-refractivity contribution is 0.354. The standard InChI is InChI=1S/C18H31N3O2/c1-6-14(3)21-18(19-7-2)20-12-8-9-15-10-11-16(22-4)17(13-15)23-5/h10-11,13-14H,6-9,12H2,1-5H3,(H2,19,20,21). The van der Waals surface area contributed by atoms with E-state index in [1.54, 1.807) is 14.2 Å². The number of aliphatic imine (C=N–C) groups is 1. The zero-order chi connectivity index (χ0) is 17.1. The van der Waals surface area contributed by atoms with Crippen molar-refractivity contribution in [2.75, 3.05) is 27.3 Å². The summed E-state index contributed by atoms with van der Waals surface area (Å²) in [7, 11) is 3.31. The molecule has 2 N–H and O–H groups in total. The van der Waals surface area contributed by atoms with Crippen LogP contribution in [0.15, 0.2) is 23.2 Å². The summed E-state index contributed by atoms with van der Waals surface area (Å²) in [5.74, 6) is 2.44. The van der Waals surface area contributed by atoms with Crippen LogP contribution in [0.3, 0.4) is 0 Å². The van der Waals surface area contributed by atoms with Crippen LogP contribution in [0.1, 0.15) is 39.2 Å². The number of hydrogen-bond donors (Lipinski definition) is 2. The van der Waals surface area contributed by atoms with E-state index in [0.29, 0.717) is 6.04 Å². The molecule has 0 amide bonds. The van der Waals surface area contributed by atoms with Gasteiger partial charge in [0.15, 0.2) is 17.5 Å². The average molecular weight is 321 g/mol. The van der Waals surface area contributed by atoms with Gasteiger partial charge in [-0.2, -0.15) is 0 Å². The summed E-state index contributed by atoms with van der Waals surface area (Å²) >= 11 is 0. The molecule has 0 spiro atoms.